The van der Waals surface area contributed by atoms with Crippen LogP contribution in [-0.4, -0.2) is 18.3 Å². The molecule has 17 heavy (non-hydrogen) atoms. The molecule has 1 aliphatic carbocycles. The zero-order chi connectivity index (χ0) is 11.9. The second-order valence-corrected chi connectivity index (χ2v) is 4.96. The van der Waals surface area contributed by atoms with Crippen molar-refractivity contribution in [2.45, 2.75) is 44.4 Å². The van der Waals surface area contributed by atoms with Gasteiger partial charge in [-0.25, -0.2) is 0 Å². The maximum absolute atomic E-state index is 8.72. The molecule has 0 atom stereocenters. The zero-order valence-corrected chi connectivity index (χ0v) is 10.5. The lowest BCUT2D eigenvalue weighted by Gasteiger charge is -2.22. The Hall–Kier alpha value is -1.02. The molecule has 1 saturated carbocycles. The van der Waals surface area contributed by atoms with Gasteiger partial charge in [0.15, 0.2) is 0 Å². The average molecular weight is 233 g/mol. The van der Waals surface area contributed by atoms with Crippen LogP contribution in [-0.2, 0) is 0 Å². The molecule has 1 aliphatic rings. The van der Waals surface area contributed by atoms with Gasteiger partial charge in [0.25, 0.3) is 0 Å². The molecule has 94 valence electrons. The zero-order valence-electron chi connectivity index (χ0n) is 10.5. The van der Waals surface area contributed by atoms with Gasteiger partial charge < -0.3 is 10.4 Å². The first-order chi connectivity index (χ1) is 8.40. The number of aliphatic hydroxyl groups excluding tert-OH is 1. The maximum atomic E-state index is 8.72. The average Bonchev–Trinajstić information content (AvgIpc) is 2.41. The lowest BCUT2D eigenvalue weighted by Crippen LogP contribution is -2.06. The number of anilines is 1. The van der Waals surface area contributed by atoms with E-state index in [9.17, 15) is 0 Å². The van der Waals surface area contributed by atoms with E-state index in [2.05, 4.69) is 29.6 Å². The molecule has 2 N–H and O–H groups in total. The van der Waals surface area contributed by atoms with Gasteiger partial charge in [-0.2, -0.15) is 0 Å². The Kier molecular flexibility index (Phi) is 4.87. The number of aliphatic hydroxyl groups is 1. The largest absolute Gasteiger partial charge is 0.396 e. The monoisotopic (exact) mass is 233 g/mol. The van der Waals surface area contributed by atoms with Crippen molar-refractivity contribution in [1.29, 1.82) is 0 Å². The van der Waals surface area contributed by atoms with Crippen LogP contribution in [0.2, 0.25) is 0 Å². The van der Waals surface area contributed by atoms with Gasteiger partial charge in [0.05, 0.1) is 0 Å². The summed E-state index contributed by atoms with van der Waals surface area (Å²) >= 11 is 0. The first-order valence-corrected chi connectivity index (χ1v) is 6.85. The Bertz CT molecular complexity index is 314. The molecule has 1 aromatic rings. The van der Waals surface area contributed by atoms with Gasteiger partial charge >= 0.3 is 0 Å². The molecule has 0 aromatic heterocycles. The molecule has 2 rings (SSSR count). The van der Waals surface area contributed by atoms with E-state index in [1.807, 2.05) is 0 Å². The Morgan fingerprint density at radius 1 is 1.06 bits per heavy atom. The van der Waals surface area contributed by atoms with Crippen LogP contribution in [0.4, 0.5) is 5.69 Å². The van der Waals surface area contributed by atoms with Crippen LogP contribution < -0.4 is 5.32 Å². The fourth-order valence-corrected chi connectivity index (χ4v) is 2.62. The van der Waals surface area contributed by atoms with Gasteiger partial charge in [-0.05, 0) is 42.9 Å². The third-order valence-electron chi connectivity index (χ3n) is 3.65. The van der Waals surface area contributed by atoms with Crippen LogP contribution in [0, 0.1) is 0 Å². The van der Waals surface area contributed by atoms with Crippen molar-refractivity contribution < 1.29 is 5.11 Å². The number of rotatable bonds is 5. The van der Waals surface area contributed by atoms with Crippen molar-refractivity contribution in [2.75, 3.05) is 18.5 Å². The molecular formula is C15H23NO. The lowest BCUT2D eigenvalue weighted by molar-refractivity contribution is 0.292. The normalized spacial score (nSPS) is 17.0. The summed E-state index contributed by atoms with van der Waals surface area (Å²) in [5.41, 5.74) is 2.66. The highest BCUT2D eigenvalue weighted by Crippen LogP contribution is 2.32. The van der Waals surface area contributed by atoms with Crippen molar-refractivity contribution in [3.05, 3.63) is 29.8 Å². The third kappa shape index (κ3) is 3.74. The van der Waals surface area contributed by atoms with Crippen molar-refractivity contribution in [1.82, 2.24) is 0 Å². The van der Waals surface area contributed by atoms with Crippen LogP contribution in [0.1, 0.15) is 50.0 Å². The summed E-state index contributed by atoms with van der Waals surface area (Å²) in [7, 11) is 0. The molecule has 0 saturated heterocycles. The van der Waals surface area contributed by atoms with Crippen LogP contribution in [0.5, 0.6) is 0 Å². The molecule has 0 spiro atoms. The van der Waals surface area contributed by atoms with E-state index in [0.29, 0.717) is 0 Å². The first kappa shape index (κ1) is 12.4. The maximum Gasteiger partial charge on any atom is 0.0447 e. The number of hydrogen-bond donors (Lipinski definition) is 2. The number of hydrogen-bond acceptors (Lipinski definition) is 2. The molecule has 0 heterocycles. The SMILES string of the molecule is OCCCNc1ccc(C2CCCCC2)cc1. The molecule has 0 radical (unpaired) electrons. The Morgan fingerprint density at radius 3 is 2.41 bits per heavy atom. The van der Waals surface area contributed by atoms with Crippen LogP contribution in [0.3, 0.4) is 0 Å². The van der Waals surface area contributed by atoms with E-state index >= 15 is 0 Å². The highest BCUT2D eigenvalue weighted by molar-refractivity contribution is 5.45. The fourth-order valence-electron chi connectivity index (χ4n) is 2.62. The molecule has 2 nitrogen and oxygen atoms in total. The van der Waals surface area contributed by atoms with E-state index in [-0.39, 0.29) is 6.61 Å². The third-order valence-corrected chi connectivity index (χ3v) is 3.65. The van der Waals surface area contributed by atoms with Gasteiger partial charge in [0, 0.05) is 18.8 Å². The highest BCUT2D eigenvalue weighted by Gasteiger charge is 2.14. The fraction of sp³-hybridized carbons (Fsp3) is 0.600. The number of benzene rings is 1. The van der Waals surface area contributed by atoms with Gasteiger partial charge in [-0.1, -0.05) is 31.4 Å². The van der Waals surface area contributed by atoms with Crippen molar-refractivity contribution in [3.8, 4) is 0 Å². The predicted octanol–water partition coefficient (Wildman–Crippen LogP) is 3.53. The van der Waals surface area contributed by atoms with E-state index in [0.717, 1.165) is 24.6 Å². The molecule has 0 aliphatic heterocycles. The van der Waals surface area contributed by atoms with Crippen LogP contribution in [0.15, 0.2) is 24.3 Å². The quantitative estimate of drug-likeness (QED) is 0.763. The minimum Gasteiger partial charge on any atom is -0.396 e. The van der Waals surface area contributed by atoms with E-state index in [1.165, 1.54) is 37.7 Å². The topological polar surface area (TPSA) is 32.3 Å². The standard InChI is InChI=1S/C15H23NO/c17-12-4-11-16-15-9-7-14(8-10-15)13-5-2-1-3-6-13/h7-10,13,16-17H,1-6,11-12H2. The Morgan fingerprint density at radius 2 is 1.76 bits per heavy atom. The predicted molar refractivity (Wildman–Crippen MR) is 72.5 cm³/mol. The first-order valence-electron chi connectivity index (χ1n) is 6.85. The van der Waals surface area contributed by atoms with Crippen molar-refractivity contribution in [3.63, 3.8) is 0 Å². The minimum atomic E-state index is 0.257. The minimum absolute atomic E-state index is 0.257. The van der Waals surface area contributed by atoms with E-state index in [4.69, 9.17) is 5.11 Å². The Labute approximate surface area is 104 Å². The van der Waals surface area contributed by atoms with Crippen LogP contribution in [0.25, 0.3) is 0 Å². The molecule has 0 unspecified atom stereocenters. The summed E-state index contributed by atoms with van der Waals surface area (Å²) in [5.74, 6) is 0.787. The molecule has 0 bridgehead atoms. The van der Waals surface area contributed by atoms with Crippen molar-refractivity contribution in [2.24, 2.45) is 0 Å². The van der Waals surface area contributed by atoms with Crippen LogP contribution >= 0.6 is 0 Å². The molecule has 2 heteroatoms. The van der Waals surface area contributed by atoms with Gasteiger partial charge in [-0.15, -0.1) is 0 Å². The second kappa shape index (κ2) is 6.65. The summed E-state index contributed by atoms with van der Waals surface area (Å²) in [6.07, 6.45) is 7.72. The molecular weight excluding hydrogens is 210 g/mol. The van der Waals surface area contributed by atoms with Crippen molar-refractivity contribution >= 4 is 5.69 Å². The second-order valence-electron chi connectivity index (χ2n) is 4.96. The Balaban J connectivity index is 1.88. The summed E-state index contributed by atoms with van der Waals surface area (Å²) in [6, 6.07) is 8.86. The summed E-state index contributed by atoms with van der Waals surface area (Å²) < 4.78 is 0. The summed E-state index contributed by atoms with van der Waals surface area (Å²) in [5, 5.41) is 12.0. The molecule has 1 aromatic carbocycles. The molecule has 0 amide bonds. The van der Waals surface area contributed by atoms with E-state index in [1.54, 1.807) is 0 Å². The van der Waals surface area contributed by atoms with Gasteiger partial charge in [-0.3, -0.25) is 0 Å². The van der Waals surface area contributed by atoms with Gasteiger partial charge in [0.1, 0.15) is 0 Å². The van der Waals surface area contributed by atoms with E-state index < -0.39 is 0 Å². The number of nitrogens with one attached hydrogen (secondary N) is 1. The smallest absolute Gasteiger partial charge is 0.0447 e. The summed E-state index contributed by atoms with van der Waals surface area (Å²) in [4.78, 5) is 0. The molecule has 1 fully saturated rings. The summed E-state index contributed by atoms with van der Waals surface area (Å²) in [6.45, 7) is 1.10. The van der Waals surface area contributed by atoms with Gasteiger partial charge in [0.2, 0.25) is 0 Å². The highest BCUT2D eigenvalue weighted by atomic mass is 16.3. The lowest BCUT2D eigenvalue weighted by atomic mass is 9.84.